The predicted molar refractivity (Wildman–Crippen MR) is 52.0 cm³/mol. The van der Waals surface area contributed by atoms with Crippen LogP contribution in [0.3, 0.4) is 0 Å². The van der Waals surface area contributed by atoms with Crippen LogP contribution in [0.15, 0.2) is 0 Å². The largest absolute Gasteiger partial charge is 0.435 e. The number of rotatable bonds is 2. The highest BCUT2D eigenvalue weighted by Crippen LogP contribution is 2.22. The van der Waals surface area contributed by atoms with E-state index in [9.17, 15) is 14.4 Å². The van der Waals surface area contributed by atoms with Crippen molar-refractivity contribution < 1.29 is 23.9 Å². The average Bonchev–Trinajstić information content (AvgIpc) is 2.34. The van der Waals surface area contributed by atoms with Gasteiger partial charge in [0.2, 0.25) is 12.5 Å². The number of nitrogens with zero attached hydrogens (tertiary/aromatic N) is 2. The first-order chi connectivity index (χ1) is 7.34. The topological polar surface area (TPSA) is 76.1 Å². The molecule has 0 bridgehead atoms. The molecule has 0 spiro atoms. The van der Waals surface area contributed by atoms with Crippen LogP contribution >= 0.6 is 0 Å². The molecular formula is C9H14N2O5. The summed E-state index contributed by atoms with van der Waals surface area (Å²) in [4.78, 5) is 35.7. The third-order valence-corrected chi connectivity index (χ3v) is 2.18. The fraction of sp³-hybridized carbons (Fsp3) is 0.667. The second kappa shape index (κ2) is 4.38. The molecule has 2 amide bonds. The molecule has 0 aliphatic carbocycles. The summed E-state index contributed by atoms with van der Waals surface area (Å²) in [5.74, 6) is -1.09. The molecule has 1 heterocycles. The van der Waals surface area contributed by atoms with E-state index in [1.807, 2.05) is 0 Å². The smallest absolute Gasteiger partial charge is 0.325 e. The van der Waals surface area contributed by atoms with Crippen LogP contribution in [-0.4, -0.2) is 54.3 Å². The molecule has 0 aromatic carbocycles. The van der Waals surface area contributed by atoms with E-state index in [-0.39, 0.29) is 6.03 Å². The van der Waals surface area contributed by atoms with E-state index in [0.717, 1.165) is 0 Å². The van der Waals surface area contributed by atoms with Crippen molar-refractivity contribution in [2.45, 2.75) is 26.3 Å². The summed E-state index contributed by atoms with van der Waals surface area (Å²) in [7, 11) is 2.94. The zero-order valence-electron chi connectivity index (χ0n) is 9.59. The number of hydrogen-bond acceptors (Lipinski definition) is 5. The fourth-order valence-corrected chi connectivity index (χ4v) is 1.46. The number of ether oxygens (including phenoxy) is 2. The fourth-order valence-electron chi connectivity index (χ4n) is 1.46. The van der Waals surface area contributed by atoms with Gasteiger partial charge in [0.1, 0.15) is 0 Å². The summed E-state index contributed by atoms with van der Waals surface area (Å²) >= 11 is 0. The first kappa shape index (κ1) is 12.3. The molecule has 7 nitrogen and oxygen atoms in total. The quantitative estimate of drug-likeness (QED) is 0.612. The Kier molecular flexibility index (Phi) is 3.36. The first-order valence-corrected chi connectivity index (χ1v) is 4.68. The van der Waals surface area contributed by atoms with E-state index in [0.29, 0.717) is 0 Å². The summed E-state index contributed by atoms with van der Waals surface area (Å²) in [6.45, 7) is 2.45. The number of hydrogen-bond donors (Lipinski definition) is 0. The van der Waals surface area contributed by atoms with Gasteiger partial charge in [0.05, 0.1) is 0 Å². The van der Waals surface area contributed by atoms with Gasteiger partial charge in [-0.3, -0.25) is 19.4 Å². The Morgan fingerprint density at radius 1 is 1.00 bits per heavy atom. The lowest BCUT2D eigenvalue weighted by Gasteiger charge is -2.23. The second-order valence-electron chi connectivity index (χ2n) is 3.50. The lowest BCUT2D eigenvalue weighted by Crippen LogP contribution is -2.41. The zero-order valence-corrected chi connectivity index (χ0v) is 9.59. The SMILES string of the molecule is CC(=O)OC1C(OC(C)=O)N(C)C(=O)N1C. The molecule has 1 saturated heterocycles. The molecular weight excluding hydrogens is 216 g/mol. The van der Waals surface area contributed by atoms with Crippen molar-refractivity contribution in [3.05, 3.63) is 0 Å². The Labute approximate surface area is 92.9 Å². The molecule has 7 heteroatoms. The van der Waals surface area contributed by atoms with Crippen LogP contribution in [0.25, 0.3) is 0 Å². The van der Waals surface area contributed by atoms with E-state index in [1.54, 1.807) is 0 Å². The standard InChI is InChI=1S/C9H14N2O5/c1-5(12)15-7-8(16-6(2)13)11(4)9(14)10(7)3/h7-8H,1-4H3. The Balaban J connectivity index is 2.87. The summed E-state index contributed by atoms with van der Waals surface area (Å²) in [6.07, 6.45) is -1.81. The van der Waals surface area contributed by atoms with Crippen molar-refractivity contribution >= 4 is 18.0 Å². The Morgan fingerprint density at radius 2 is 1.31 bits per heavy atom. The summed E-state index contributed by atoms with van der Waals surface area (Å²) < 4.78 is 9.85. The molecule has 0 saturated carbocycles. The number of amides is 2. The number of likely N-dealkylation sites (N-methyl/N-ethyl adjacent to an activating group) is 2. The average molecular weight is 230 g/mol. The predicted octanol–water partition coefficient (Wildman–Crippen LogP) is -0.238. The van der Waals surface area contributed by atoms with Gasteiger partial charge in [-0.25, -0.2) is 4.79 Å². The van der Waals surface area contributed by atoms with Crippen molar-refractivity contribution in [3.8, 4) is 0 Å². The molecule has 2 atom stereocenters. The molecule has 0 radical (unpaired) electrons. The van der Waals surface area contributed by atoms with Crippen LogP contribution in [0.1, 0.15) is 13.8 Å². The van der Waals surface area contributed by atoms with Gasteiger partial charge in [0.25, 0.3) is 0 Å². The Morgan fingerprint density at radius 3 is 1.56 bits per heavy atom. The lowest BCUT2D eigenvalue weighted by molar-refractivity contribution is -0.178. The minimum Gasteiger partial charge on any atom is -0.435 e. The van der Waals surface area contributed by atoms with E-state index in [2.05, 4.69) is 0 Å². The normalized spacial score (nSPS) is 24.6. The van der Waals surface area contributed by atoms with Gasteiger partial charge >= 0.3 is 18.0 Å². The van der Waals surface area contributed by atoms with Crippen molar-refractivity contribution in [2.75, 3.05) is 14.1 Å². The molecule has 16 heavy (non-hydrogen) atoms. The van der Waals surface area contributed by atoms with Gasteiger partial charge in [-0.05, 0) is 0 Å². The van der Waals surface area contributed by atoms with Crippen molar-refractivity contribution in [1.82, 2.24) is 9.80 Å². The van der Waals surface area contributed by atoms with Crippen LogP contribution in [0.2, 0.25) is 0 Å². The van der Waals surface area contributed by atoms with Crippen molar-refractivity contribution in [1.29, 1.82) is 0 Å². The van der Waals surface area contributed by atoms with Crippen LogP contribution < -0.4 is 0 Å². The van der Waals surface area contributed by atoms with Crippen LogP contribution in [-0.2, 0) is 19.1 Å². The minimum atomic E-state index is -0.904. The maximum atomic E-state index is 11.6. The molecule has 0 aromatic rings. The molecule has 2 unspecified atom stereocenters. The van der Waals surface area contributed by atoms with Crippen molar-refractivity contribution in [3.63, 3.8) is 0 Å². The summed E-state index contributed by atoms with van der Waals surface area (Å²) in [6, 6.07) is -0.377. The molecule has 1 aliphatic rings. The number of esters is 2. The van der Waals surface area contributed by atoms with Crippen molar-refractivity contribution in [2.24, 2.45) is 0 Å². The van der Waals surface area contributed by atoms with E-state index in [1.165, 1.54) is 37.7 Å². The maximum absolute atomic E-state index is 11.6. The highest BCUT2D eigenvalue weighted by atomic mass is 16.6. The van der Waals surface area contributed by atoms with Gasteiger partial charge < -0.3 is 9.47 Å². The first-order valence-electron chi connectivity index (χ1n) is 4.68. The van der Waals surface area contributed by atoms with E-state index < -0.39 is 24.4 Å². The molecule has 1 fully saturated rings. The van der Waals surface area contributed by atoms with Gasteiger partial charge in [0.15, 0.2) is 0 Å². The second-order valence-corrected chi connectivity index (χ2v) is 3.50. The zero-order chi connectivity index (χ0) is 12.5. The minimum absolute atomic E-state index is 0.377. The van der Waals surface area contributed by atoms with Gasteiger partial charge in [-0.2, -0.15) is 0 Å². The van der Waals surface area contributed by atoms with Crippen LogP contribution in [0.5, 0.6) is 0 Å². The number of urea groups is 1. The molecule has 1 aliphatic heterocycles. The molecule has 0 N–H and O–H groups in total. The lowest BCUT2D eigenvalue weighted by atomic mass is 10.4. The highest BCUT2D eigenvalue weighted by molar-refractivity contribution is 5.78. The highest BCUT2D eigenvalue weighted by Gasteiger charge is 2.46. The van der Waals surface area contributed by atoms with E-state index >= 15 is 0 Å². The Hall–Kier alpha value is -1.79. The molecule has 1 rings (SSSR count). The molecule has 0 aromatic heterocycles. The Bertz CT molecular complexity index is 300. The number of carbonyl (C=O) groups is 3. The van der Waals surface area contributed by atoms with Gasteiger partial charge in [-0.15, -0.1) is 0 Å². The van der Waals surface area contributed by atoms with Gasteiger partial charge in [-0.1, -0.05) is 0 Å². The third kappa shape index (κ3) is 2.23. The van der Waals surface area contributed by atoms with E-state index in [4.69, 9.17) is 9.47 Å². The van der Waals surface area contributed by atoms with Crippen LogP contribution in [0.4, 0.5) is 4.79 Å². The monoisotopic (exact) mass is 230 g/mol. The molecule has 90 valence electrons. The number of carbonyl (C=O) groups excluding carboxylic acids is 3. The third-order valence-electron chi connectivity index (χ3n) is 2.18. The van der Waals surface area contributed by atoms with Crippen LogP contribution in [0, 0.1) is 0 Å². The summed E-state index contributed by atoms with van der Waals surface area (Å²) in [5, 5.41) is 0. The summed E-state index contributed by atoms with van der Waals surface area (Å²) in [5.41, 5.74) is 0. The maximum Gasteiger partial charge on any atom is 0.325 e. The van der Waals surface area contributed by atoms with Gasteiger partial charge in [0, 0.05) is 27.9 Å².